The van der Waals surface area contributed by atoms with E-state index in [4.69, 9.17) is 5.11 Å². The number of alkyl halides is 3. The van der Waals surface area contributed by atoms with Crippen LogP contribution in [0.2, 0.25) is 0 Å². The highest BCUT2D eigenvalue weighted by atomic mass is 32.2. The Labute approximate surface area is 184 Å². The number of hydrogen-bond acceptors (Lipinski definition) is 5. The number of nitrogens with zero attached hydrogens (tertiary/aromatic N) is 1. The van der Waals surface area contributed by atoms with Crippen molar-refractivity contribution in [3.8, 4) is 0 Å². The summed E-state index contributed by atoms with van der Waals surface area (Å²) in [5.74, 6) is -3.01. The maximum absolute atomic E-state index is 13.3. The molecule has 32 heavy (non-hydrogen) atoms. The topological polar surface area (TPSA) is 104 Å². The summed E-state index contributed by atoms with van der Waals surface area (Å²) < 4.78 is 39.9. The van der Waals surface area contributed by atoms with E-state index in [1.165, 1.54) is 12.1 Å². The van der Waals surface area contributed by atoms with E-state index in [1.807, 2.05) is 0 Å². The summed E-state index contributed by atoms with van der Waals surface area (Å²) in [6.45, 7) is 0. The molecule has 0 radical (unpaired) electrons. The quantitative estimate of drug-likeness (QED) is 0.600. The maximum Gasteiger partial charge on any atom is 0.418 e. The summed E-state index contributed by atoms with van der Waals surface area (Å²) in [5, 5.41) is 10.2. The van der Waals surface area contributed by atoms with Crippen LogP contribution in [0, 0.1) is 0 Å². The first-order chi connectivity index (χ1) is 15.1. The largest absolute Gasteiger partial charge is 0.481 e. The number of halogens is 3. The number of imide groups is 1. The number of carbonyl (C=O) groups excluding carboxylic acids is 3. The van der Waals surface area contributed by atoms with Crippen molar-refractivity contribution < 1.29 is 37.5 Å². The molecule has 3 rings (SSSR count). The number of amides is 3. The number of benzene rings is 2. The Hall–Kier alpha value is -3.34. The highest BCUT2D eigenvalue weighted by molar-refractivity contribution is 8.00. The number of carboxylic acids is 1. The molecule has 0 saturated carbocycles. The van der Waals surface area contributed by atoms with E-state index in [2.05, 4.69) is 5.32 Å². The second-order valence-corrected chi connectivity index (χ2v) is 8.14. The summed E-state index contributed by atoms with van der Waals surface area (Å²) in [6, 6.07) is 10.7. The number of nitrogens with one attached hydrogen (secondary N) is 1. The lowest BCUT2D eigenvalue weighted by Crippen LogP contribution is -2.33. The van der Waals surface area contributed by atoms with Crippen molar-refractivity contribution in [1.29, 1.82) is 0 Å². The zero-order chi connectivity index (χ0) is 23.5. The van der Waals surface area contributed by atoms with Gasteiger partial charge in [-0.2, -0.15) is 13.2 Å². The molecule has 0 aliphatic carbocycles. The van der Waals surface area contributed by atoms with Crippen LogP contribution in [0.1, 0.15) is 24.8 Å². The first-order valence-electron chi connectivity index (χ1n) is 9.37. The second kappa shape index (κ2) is 9.43. The molecule has 2 aromatic carbocycles. The first-order valence-corrected chi connectivity index (χ1v) is 10.3. The van der Waals surface area contributed by atoms with Crippen molar-refractivity contribution in [2.45, 2.75) is 35.6 Å². The van der Waals surface area contributed by atoms with E-state index in [0.717, 1.165) is 23.9 Å². The number of carbonyl (C=O) groups is 4. The lowest BCUT2D eigenvalue weighted by atomic mass is 10.1. The first kappa shape index (κ1) is 23.3. The number of aliphatic carboxylic acids is 1. The number of para-hydroxylation sites is 1. The summed E-state index contributed by atoms with van der Waals surface area (Å²) in [4.78, 5) is 48.5. The smallest absolute Gasteiger partial charge is 0.418 e. The number of anilines is 2. The van der Waals surface area contributed by atoms with Gasteiger partial charge in [0.25, 0.3) is 0 Å². The Kier molecular flexibility index (Phi) is 6.87. The maximum atomic E-state index is 13.3. The van der Waals surface area contributed by atoms with Crippen LogP contribution in [0.5, 0.6) is 0 Å². The molecule has 1 aliphatic heterocycles. The minimum atomic E-state index is -4.72. The average molecular weight is 466 g/mol. The minimum Gasteiger partial charge on any atom is -0.481 e. The molecule has 1 fully saturated rings. The fraction of sp³-hybridized carbons (Fsp3) is 0.238. The minimum absolute atomic E-state index is 0.181. The summed E-state index contributed by atoms with van der Waals surface area (Å²) >= 11 is 1.03. The molecule has 168 valence electrons. The van der Waals surface area contributed by atoms with E-state index < -0.39 is 46.4 Å². The Morgan fingerprint density at radius 3 is 2.34 bits per heavy atom. The summed E-state index contributed by atoms with van der Waals surface area (Å²) in [5.41, 5.74) is -1.13. The van der Waals surface area contributed by atoms with E-state index in [0.29, 0.717) is 15.5 Å². The molecule has 11 heteroatoms. The third kappa shape index (κ3) is 5.47. The molecular formula is C21H17F3N2O5S. The van der Waals surface area contributed by atoms with Gasteiger partial charge in [-0.25, -0.2) is 4.90 Å². The van der Waals surface area contributed by atoms with Crippen LogP contribution < -0.4 is 10.2 Å². The third-order valence-corrected chi connectivity index (χ3v) is 5.74. The second-order valence-electron chi connectivity index (χ2n) is 6.86. The molecule has 3 amide bonds. The molecule has 1 heterocycles. The van der Waals surface area contributed by atoms with Gasteiger partial charge in [-0.05, 0) is 36.4 Å². The zero-order valence-corrected chi connectivity index (χ0v) is 17.2. The van der Waals surface area contributed by atoms with Crippen molar-refractivity contribution in [2.24, 2.45) is 0 Å². The van der Waals surface area contributed by atoms with Crippen molar-refractivity contribution in [2.75, 3.05) is 10.2 Å². The van der Waals surface area contributed by atoms with Gasteiger partial charge in [0.05, 0.1) is 22.9 Å². The highest BCUT2D eigenvalue weighted by Gasteiger charge is 2.44. The Bertz CT molecular complexity index is 1060. The molecule has 1 saturated heterocycles. The Morgan fingerprint density at radius 2 is 1.72 bits per heavy atom. The molecular weight excluding hydrogens is 449 g/mol. The summed E-state index contributed by atoms with van der Waals surface area (Å²) in [7, 11) is 0. The monoisotopic (exact) mass is 466 g/mol. The number of carboxylic acid groups (broad SMARTS) is 1. The molecule has 0 spiro atoms. The van der Waals surface area contributed by atoms with E-state index in [-0.39, 0.29) is 19.3 Å². The average Bonchev–Trinajstić information content (AvgIpc) is 3.00. The van der Waals surface area contributed by atoms with Gasteiger partial charge in [-0.15, -0.1) is 11.8 Å². The fourth-order valence-corrected chi connectivity index (χ4v) is 4.14. The third-order valence-electron chi connectivity index (χ3n) is 4.54. The van der Waals surface area contributed by atoms with Gasteiger partial charge in [0.1, 0.15) is 0 Å². The molecule has 0 aromatic heterocycles. The van der Waals surface area contributed by atoms with Crippen LogP contribution in [-0.4, -0.2) is 34.0 Å². The zero-order valence-electron chi connectivity index (χ0n) is 16.4. The van der Waals surface area contributed by atoms with E-state index in [9.17, 15) is 32.3 Å². The SMILES string of the molecule is O=C(O)CCC(=O)Nc1ccc(S[C@@H]2CC(=O)N(c3ccccc3C(F)(F)F)C2=O)cc1. The molecule has 0 unspecified atom stereocenters. The van der Waals surface area contributed by atoms with Gasteiger partial charge in [0.15, 0.2) is 0 Å². The Morgan fingerprint density at radius 1 is 1.06 bits per heavy atom. The molecule has 2 aromatic rings. The lowest BCUT2D eigenvalue weighted by molar-refractivity contribution is -0.138. The van der Waals surface area contributed by atoms with Gasteiger partial charge in [0.2, 0.25) is 17.7 Å². The van der Waals surface area contributed by atoms with Gasteiger partial charge in [-0.3, -0.25) is 19.2 Å². The van der Waals surface area contributed by atoms with Crippen LogP contribution in [0.3, 0.4) is 0 Å². The molecule has 7 nitrogen and oxygen atoms in total. The number of hydrogen-bond donors (Lipinski definition) is 2. The normalized spacial score (nSPS) is 16.3. The molecule has 0 bridgehead atoms. The predicted octanol–water partition coefficient (Wildman–Crippen LogP) is 3.93. The van der Waals surface area contributed by atoms with Crippen molar-refractivity contribution in [3.05, 3.63) is 54.1 Å². The van der Waals surface area contributed by atoms with E-state index in [1.54, 1.807) is 24.3 Å². The van der Waals surface area contributed by atoms with Gasteiger partial charge >= 0.3 is 12.1 Å². The molecule has 2 N–H and O–H groups in total. The van der Waals surface area contributed by atoms with Gasteiger partial charge in [0, 0.05) is 23.4 Å². The summed E-state index contributed by atoms with van der Waals surface area (Å²) in [6.07, 6.45) is -5.44. The highest BCUT2D eigenvalue weighted by Crippen LogP contribution is 2.40. The van der Waals surface area contributed by atoms with Gasteiger partial charge < -0.3 is 10.4 Å². The lowest BCUT2D eigenvalue weighted by Gasteiger charge is -2.20. The standard InChI is InChI=1S/C21H17F3N2O5S/c22-21(23,24)14-3-1-2-4-15(14)26-18(28)11-16(20(26)31)32-13-7-5-12(6-8-13)25-17(27)9-10-19(29)30/h1-8,16H,9-11H2,(H,25,27)(H,29,30)/t16-/m1/s1. The van der Waals surface area contributed by atoms with Crippen LogP contribution in [0.15, 0.2) is 53.4 Å². The van der Waals surface area contributed by atoms with Crippen LogP contribution in [0.4, 0.5) is 24.5 Å². The number of rotatable bonds is 7. The Balaban J connectivity index is 1.69. The van der Waals surface area contributed by atoms with E-state index >= 15 is 0 Å². The molecule has 1 aliphatic rings. The predicted molar refractivity (Wildman–Crippen MR) is 110 cm³/mol. The molecule has 1 atom stereocenters. The van der Waals surface area contributed by atoms with Crippen molar-refractivity contribution in [1.82, 2.24) is 0 Å². The van der Waals surface area contributed by atoms with Gasteiger partial charge in [-0.1, -0.05) is 12.1 Å². The fourth-order valence-electron chi connectivity index (χ4n) is 3.08. The van der Waals surface area contributed by atoms with Crippen LogP contribution in [0.25, 0.3) is 0 Å². The number of thioether (sulfide) groups is 1. The van der Waals surface area contributed by atoms with Crippen molar-refractivity contribution in [3.63, 3.8) is 0 Å². The van der Waals surface area contributed by atoms with Crippen molar-refractivity contribution >= 4 is 46.8 Å². The van der Waals surface area contributed by atoms with Crippen LogP contribution in [-0.2, 0) is 25.4 Å². The van der Waals surface area contributed by atoms with Crippen LogP contribution >= 0.6 is 11.8 Å².